The molecule has 27 heavy (non-hydrogen) atoms. The van der Waals surface area contributed by atoms with Crippen LogP contribution in [0, 0.1) is 28.6 Å². The van der Waals surface area contributed by atoms with Gasteiger partial charge in [0.15, 0.2) is 6.10 Å². The Kier molecular flexibility index (Phi) is 4.43. The van der Waals surface area contributed by atoms with Crippen molar-refractivity contribution in [2.75, 3.05) is 5.32 Å². The molecule has 1 amide bonds. The van der Waals surface area contributed by atoms with E-state index < -0.39 is 17.4 Å². The Morgan fingerprint density at radius 3 is 2.56 bits per heavy atom. The van der Waals surface area contributed by atoms with Gasteiger partial charge in [-0.3, -0.25) is 9.59 Å². The van der Waals surface area contributed by atoms with Crippen LogP contribution in [-0.4, -0.2) is 22.9 Å². The van der Waals surface area contributed by atoms with Gasteiger partial charge in [0, 0.05) is 4.87 Å². The normalized spacial score (nSPS) is 34.6. The number of para-hydroxylation sites is 1. The van der Waals surface area contributed by atoms with E-state index in [2.05, 4.69) is 5.32 Å². The van der Waals surface area contributed by atoms with Gasteiger partial charge in [0.1, 0.15) is 6.07 Å². The predicted molar refractivity (Wildman–Crippen MR) is 101 cm³/mol. The highest BCUT2D eigenvalue weighted by Gasteiger charge is 2.61. The Hall–Kier alpha value is -2.06. The number of hydrogen-bond acceptors (Lipinski definition) is 4. The van der Waals surface area contributed by atoms with Gasteiger partial charge in [0.05, 0.1) is 16.7 Å². The average molecular weight is 387 g/mol. The first-order chi connectivity index (χ1) is 12.8. The monoisotopic (exact) mass is 386 g/mol. The van der Waals surface area contributed by atoms with Crippen molar-refractivity contribution in [3.05, 3.63) is 29.8 Å². The molecular weight excluding hydrogens is 364 g/mol. The summed E-state index contributed by atoms with van der Waals surface area (Å²) in [4.78, 5) is 25.2. The number of benzene rings is 1. The van der Waals surface area contributed by atoms with Gasteiger partial charge in [-0.2, -0.15) is 5.26 Å². The number of halogens is 1. The summed E-state index contributed by atoms with van der Waals surface area (Å²) in [7, 11) is 0. The van der Waals surface area contributed by atoms with Crippen LogP contribution in [0.15, 0.2) is 24.3 Å². The van der Waals surface area contributed by atoms with Crippen molar-refractivity contribution in [3.63, 3.8) is 0 Å². The first kappa shape index (κ1) is 18.3. The number of nitriles is 1. The van der Waals surface area contributed by atoms with Gasteiger partial charge in [-0.05, 0) is 69.4 Å². The fourth-order valence-corrected chi connectivity index (χ4v) is 6.34. The SMILES string of the molecule is C[C@H](OC(=O)C12C[C@H]3C[C@@H](CC(Cl)(C3)C1)C2)C(=O)Nc1ccccc1C#N. The Morgan fingerprint density at radius 2 is 1.93 bits per heavy atom. The lowest BCUT2D eigenvalue weighted by Crippen LogP contribution is -2.57. The number of nitrogens with zero attached hydrogens (tertiary/aromatic N) is 1. The summed E-state index contributed by atoms with van der Waals surface area (Å²) >= 11 is 6.79. The van der Waals surface area contributed by atoms with Gasteiger partial charge in [0.25, 0.3) is 5.91 Å². The highest BCUT2D eigenvalue weighted by Crippen LogP contribution is 2.64. The molecular formula is C21H23ClN2O3. The van der Waals surface area contributed by atoms with Crippen LogP contribution in [0.5, 0.6) is 0 Å². The average Bonchev–Trinajstić information content (AvgIpc) is 2.60. The molecule has 0 aliphatic heterocycles. The largest absolute Gasteiger partial charge is 0.452 e. The molecule has 0 saturated heterocycles. The highest BCUT2D eigenvalue weighted by atomic mass is 35.5. The quantitative estimate of drug-likeness (QED) is 0.626. The number of rotatable bonds is 4. The molecule has 0 aromatic heterocycles. The summed E-state index contributed by atoms with van der Waals surface area (Å²) < 4.78 is 5.60. The van der Waals surface area contributed by atoms with Crippen LogP contribution in [0.2, 0.25) is 0 Å². The molecule has 1 N–H and O–H groups in total. The van der Waals surface area contributed by atoms with Crippen LogP contribution in [0.3, 0.4) is 0 Å². The summed E-state index contributed by atoms with van der Waals surface area (Å²) in [6, 6.07) is 8.78. The first-order valence-corrected chi connectivity index (χ1v) is 9.90. The molecule has 5 rings (SSSR count). The van der Waals surface area contributed by atoms with E-state index in [0.29, 0.717) is 29.5 Å². The topological polar surface area (TPSA) is 79.2 Å². The number of esters is 1. The number of alkyl halides is 1. The van der Waals surface area contributed by atoms with Gasteiger partial charge in [-0.15, -0.1) is 11.6 Å². The van der Waals surface area contributed by atoms with E-state index >= 15 is 0 Å². The molecule has 4 aliphatic carbocycles. The molecule has 0 spiro atoms. The van der Waals surface area contributed by atoms with Gasteiger partial charge < -0.3 is 10.1 Å². The Bertz CT molecular complexity index is 817. The minimum absolute atomic E-state index is 0.277. The fourth-order valence-electron chi connectivity index (χ4n) is 5.65. The smallest absolute Gasteiger partial charge is 0.312 e. The Morgan fingerprint density at radius 1 is 1.26 bits per heavy atom. The predicted octanol–water partition coefficient (Wildman–Crippen LogP) is 4.01. The molecule has 0 radical (unpaired) electrons. The van der Waals surface area contributed by atoms with Crippen molar-refractivity contribution >= 4 is 29.2 Å². The van der Waals surface area contributed by atoms with Crippen LogP contribution in [0.4, 0.5) is 5.69 Å². The lowest BCUT2D eigenvalue weighted by Gasteiger charge is -2.58. The van der Waals surface area contributed by atoms with E-state index in [1.807, 2.05) is 6.07 Å². The van der Waals surface area contributed by atoms with E-state index in [0.717, 1.165) is 32.1 Å². The summed E-state index contributed by atoms with van der Waals surface area (Å²) in [6.07, 6.45) is 4.50. The van der Waals surface area contributed by atoms with E-state index in [9.17, 15) is 9.59 Å². The maximum absolute atomic E-state index is 13.0. The van der Waals surface area contributed by atoms with Crippen LogP contribution < -0.4 is 5.32 Å². The molecule has 4 saturated carbocycles. The highest BCUT2D eigenvalue weighted by molar-refractivity contribution is 6.24. The number of hydrogen-bond donors (Lipinski definition) is 1. The lowest BCUT2D eigenvalue weighted by molar-refractivity contribution is -0.176. The zero-order valence-corrected chi connectivity index (χ0v) is 16.1. The standard InChI is InChI=1S/C21H23ClN2O3/c1-13(18(25)24-17-5-3-2-4-16(17)11-23)27-19(26)20-7-14-6-15(8-20)10-21(22,9-14)12-20/h2-5,13-15H,6-10,12H2,1H3,(H,24,25)/t13-,14+,15+,20?,21?/m0/s1. The number of nitrogens with one attached hydrogen (secondary N) is 1. The van der Waals surface area contributed by atoms with E-state index in [1.165, 1.54) is 0 Å². The van der Waals surface area contributed by atoms with Crippen molar-refractivity contribution in [1.29, 1.82) is 5.26 Å². The first-order valence-electron chi connectivity index (χ1n) is 9.52. The zero-order valence-electron chi connectivity index (χ0n) is 15.3. The third-order valence-electron chi connectivity index (χ3n) is 6.38. The lowest BCUT2D eigenvalue weighted by atomic mass is 9.49. The second kappa shape index (κ2) is 6.53. The zero-order chi connectivity index (χ0) is 19.2. The van der Waals surface area contributed by atoms with Crippen LogP contribution in [0.1, 0.15) is 51.0 Å². The van der Waals surface area contributed by atoms with Crippen molar-refractivity contribution in [2.45, 2.75) is 56.4 Å². The van der Waals surface area contributed by atoms with E-state index in [1.54, 1.807) is 31.2 Å². The van der Waals surface area contributed by atoms with Crippen LogP contribution >= 0.6 is 11.6 Å². The molecule has 4 bridgehead atoms. The minimum atomic E-state index is -0.927. The third-order valence-corrected chi connectivity index (χ3v) is 6.82. The van der Waals surface area contributed by atoms with E-state index in [4.69, 9.17) is 21.6 Å². The Labute approximate surface area is 164 Å². The number of carbonyl (C=O) groups is 2. The number of anilines is 1. The molecule has 3 atom stereocenters. The van der Waals surface area contributed by atoms with Gasteiger partial charge in [0.2, 0.25) is 0 Å². The number of amides is 1. The minimum Gasteiger partial charge on any atom is -0.452 e. The van der Waals surface area contributed by atoms with Gasteiger partial charge >= 0.3 is 5.97 Å². The molecule has 4 fully saturated rings. The molecule has 4 aliphatic rings. The molecule has 6 heteroatoms. The van der Waals surface area contributed by atoms with Crippen LogP contribution in [-0.2, 0) is 14.3 Å². The number of carbonyl (C=O) groups excluding carboxylic acids is 2. The van der Waals surface area contributed by atoms with Crippen molar-refractivity contribution in [2.24, 2.45) is 17.3 Å². The second-order valence-corrected chi connectivity index (χ2v) is 9.39. The molecule has 142 valence electrons. The van der Waals surface area contributed by atoms with Crippen molar-refractivity contribution in [3.8, 4) is 6.07 Å². The van der Waals surface area contributed by atoms with Gasteiger partial charge in [-0.1, -0.05) is 12.1 Å². The summed E-state index contributed by atoms with van der Waals surface area (Å²) in [5.41, 5.74) is 0.252. The summed E-state index contributed by atoms with van der Waals surface area (Å²) in [6.45, 7) is 1.57. The van der Waals surface area contributed by atoms with Crippen LogP contribution in [0.25, 0.3) is 0 Å². The third kappa shape index (κ3) is 3.32. The Balaban J connectivity index is 1.44. The fraction of sp³-hybridized carbons (Fsp3) is 0.571. The van der Waals surface area contributed by atoms with Gasteiger partial charge in [-0.25, -0.2) is 0 Å². The van der Waals surface area contributed by atoms with Crippen molar-refractivity contribution < 1.29 is 14.3 Å². The second-order valence-electron chi connectivity index (χ2n) is 8.59. The summed E-state index contributed by atoms with van der Waals surface area (Å²) in [5, 5.41) is 11.8. The molecule has 1 aromatic carbocycles. The molecule has 5 nitrogen and oxygen atoms in total. The van der Waals surface area contributed by atoms with E-state index in [-0.39, 0.29) is 10.8 Å². The number of ether oxygens (including phenoxy) is 1. The molecule has 0 heterocycles. The maximum atomic E-state index is 13.0. The maximum Gasteiger partial charge on any atom is 0.312 e. The van der Waals surface area contributed by atoms with Crippen molar-refractivity contribution in [1.82, 2.24) is 0 Å². The summed E-state index contributed by atoms with van der Waals surface area (Å²) in [5.74, 6) is 0.250. The molecule has 1 aromatic rings. The molecule has 0 unspecified atom stereocenters.